The van der Waals surface area contributed by atoms with Gasteiger partial charge in [0, 0.05) is 31.9 Å². The molecule has 18 heavy (non-hydrogen) atoms. The summed E-state index contributed by atoms with van der Waals surface area (Å²) in [5, 5.41) is 12.0. The van der Waals surface area contributed by atoms with E-state index in [-0.39, 0.29) is 6.04 Å². The second-order valence-corrected chi connectivity index (χ2v) is 4.08. The highest BCUT2D eigenvalue weighted by Crippen LogP contribution is 2.14. The Morgan fingerprint density at radius 2 is 2.17 bits per heavy atom. The number of benzene rings is 1. The SMILES string of the molecule is N#CCCNC(Cn1ccnc1)c1ccccc1. The van der Waals surface area contributed by atoms with Crippen LogP contribution in [-0.2, 0) is 6.54 Å². The van der Waals surface area contributed by atoms with Gasteiger partial charge in [-0.1, -0.05) is 30.3 Å². The second-order valence-electron chi connectivity index (χ2n) is 4.08. The molecular weight excluding hydrogens is 224 g/mol. The first-order chi connectivity index (χ1) is 8.90. The molecule has 0 saturated heterocycles. The number of rotatable bonds is 6. The smallest absolute Gasteiger partial charge is 0.0946 e. The highest BCUT2D eigenvalue weighted by atomic mass is 15.1. The van der Waals surface area contributed by atoms with Crippen molar-refractivity contribution in [2.24, 2.45) is 0 Å². The molecule has 2 rings (SSSR count). The Labute approximate surface area is 107 Å². The molecule has 4 heteroatoms. The Morgan fingerprint density at radius 1 is 1.33 bits per heavy atom. The van der Waals surface area contributed by atoms with E-state index in [1.54, 1.807) is 6.20 Å². The third kappa shape index (κ3) is 3.44. The third-order valence-electron chi connectivity index (χ3n) is 2.78. The lowest BCUT2D eigenvalue weighted by molar-refractivity contribution is 0.468. The predicted octanol–water partition coefficient (Wildman–Crippen LogP) is 2.13. The Morgan fingerprint density at radius 3 is 2.83 bits per heavy atom. The lowest BCUT2D eigenvalue weighted by atomic mass is 10.1. The molecule has 1 aromatic heterocycles. The van der Waals surface area contributed by atoms with Crippen LogP contribution in [0.4, 0.5) is 0 Å². The van der Waals surface area contributed by atoms with Gasteiger partial charge >= 0.3 is 0 Å². The number of hydrogen-bond donors (Lipinski definition) is 1. The van der Waals surface area contributed by atoms with Crippen LogP contribution in [0.15, 0.2) is 49.1 Å². The van der Waals surface area contributed by atoms with Gasteiger partial charge in [-0.3, -0.25) is 0 Å². The standard InChI is InChI=1S/C14H16N4/c15-7-4-8-17-14(11-18-10-9-16-12-18)13-5-2-1-3-6-13/h1-3,5-6,9-10,12,14,17H,4,8,11H2. The molecule has 0 amide bonds. The lowest BCUT2D eigenvalue weighted by Gasteiger charge is -2.19. The number of nitrogens with one attached hydrogen (secondary N) is 1. The van der Waals surface area contributed by atoms with Gasteiger partial charge in [0.2, 0.25) is 0 Å². The van der Waals surface area contributed by atoms with Crippen LogP contribution in [0.5, 0.6) is 0 Å². The quantitative estimate of drug-likeness (QED) is 0.787. The number of hydrogen-bond acceptors (Lipinski definition) is 3. The van der Waals surface area contributed by atoms with E-state index in [0.717, 1.165) is 6.54 Å². The van der Waals surface area contributed by atoms with E-state index in [1.807, 2.05) is 35.3 Å². The molecule has 1 N–H and O–H groups in total. The van der Waals surface area contributed by atoms with Crippen LogP contribution in [-0.4, -0.2) is 16.1 Å². The lowest BCUT2D eigenvalue weighted by Crippen LogP contribution is -2.26. The first-order valence-electron chi connectivity index (χ1n) is 6.01. The Hall–Kier alpha value is -2.12. The van der Waals surface area contributed by atoms with Gasteiger partial charge < -0.3 is 9.88 Å². The minimum absolute atomic E-state index is 0.203. The fourth-order valence-corrected chi connectivity index (χ4v) is 1.88. The zero-order valence-corrected chi connectivity index (χ0v) is 10.2. The maximum atomic E-state index is 8.60. The summed E-state index contributed by atoms with van der Waals surface area (Å²) in [6.45, 7) is 1.51. The molecular formula is C14H16N4. The molecule has 92 valence electrons. The van der Waals surface area contributed by atoms with Crippen molar-refractivity contribution in [1.29, 1.82) is 5.26 Å². The average Bonchev–Trinajstić information content (AvgIpc) is 2.92. The average molecular weight is 240 g/mol. The Balaban J connectivity index is 2.05. The number of nitrogens with zero attached hydrogens (tertiary/aromatic N) is 3. The van der Waals surface area contributed by atoms with Gasteiger partial charge in [0.15, 0.2) is 0 Å². The van der Waals surface area contributed by atoms with E-state index in [9.17, 15) is 0 Å². The molecule has 0 aliphatic heterocycles. The van der Waals surface area contributed by atoms with Crippen molar-refractivity contribution in [1.82, 2.24) is 14.9 Å². The summed E-state index contributed by atoms with van der Waals surface area (Å²) in [7, 11) is 0. The van der Waals surface area contributed by atoms with Gasteiger partial charge in [-0.25, -0.2) is 4.98 Å². The van der Waals surface area contributed by atoms with E-state index in [2.05, 4.69) is 28.5 Å². The third-order valence-corrected chi connectivity index (χ3v) is 2.78. The zero-order valence-electron chi connectivity index (χ0n) is 10.2. The molecule has 0 spiro atoms. The summed E-state index contributed by atoms with van der Waals surface area (Å²) in [5.41, 5.74) is 1.23. The highest BCUT2D eigenvalue weighted by Gasteiger charge is 2.10. The van der Waals surface area contributed by atoms with Crippen LogP contribution >= 0.6 is 0 Å². The Bertz CT molecular complexity index is 484. The van der Waals surface area contributed by atoms with Gasteiger partial charge in [0.1, 0.15) is 0 Å². The molecule has 1 atom stereocenters. The van der Waals surface area contributed by atoms with Crippen LogP contribution in [0.3, 0.4) is 0 Å². The van der Waals surface area contributed by atoms with Crippen molar-refractivity contribution in [3.05, 3.63) is 54.6 Å². The van der Waals surface area contributed by atoms with Crippen molar-refractivity contribution in [3.63, 3.8) is 0 Å². The number of aromatic nitrogens is 2. The molecule has 0 radical (unpaired) electrons. The zero-order chi connectivity index (χ0) is 12.6. The molecule has 1 aromatic carbocycles. The molecule has 0 saturated carbocycles. The van der Waals surface area contributed by atoms with Crippen LogP contribution in [0, 0.1) is 11.3 Å². The summed E-state index contributed by atoms with van der Waals surface area (Å²) in [6, 6.07) is 12.6. The summed E-state index contributed by atoms with van der Waals surface area (Å²) in [4.78, 5) is 4.05. The first-order valence-corrected chi connectivity index (χ1v) is 6.01. The summed E-state index contributed by atoms with van der Waals surface area (Å²) >= 11 is 0. The van der Waals surface area contributed by atoms with Crippen molar-refractivity contribution in [2.75, 3.05) is 6.54 Å². The minimum Gasteiger partial charge on any atom is -0.336 e. The molecule has 0 aliphatic carbocycles. The predicted molar refractivity (Wildman–Crippen MR) is 69.6 cm³/mol. The van der Waals surface area contributed by atoms with Crippen molar-refractivity contribution < 1.29 is 0 Å². The topological polar surface area (TPSA) is 53.6 Å². The normalized spacial score (nSPS) is 11.9. The molecule has 0 bridgehead atoms. The maximum absolute atomic E-state index is 8.60. The van der Waals surface area contributed by atoms with E-state index in [4.69, 9.17) is 5.26 Å². The van der Waals surface area contributed by atoms with Gasteiger partial charge in [0.25, 0.3) is 0 Å². The molecule has 1 heterocycles. The molecule has 4 nitrogen and oxygen atoms in total. The van der Waals surface area contributed by atoms with Crippen LogP contribution in [0.1, 0.15) is 18.0 Å². The maximum Gasteiger partial charge on any atom is 0.0946 e. The van der Waals surface area contributed by atoms with Gasteiger partial charge in [-0.2, -0.15) is 5.26 Å². The van der Waals surface area contributed by atoms with Gasteiger partial charge in [0.05, 0.1) is 18.4 Å². The van der Waals surface area contributed by atoms with Gasteiger partial charge in [-0.15, -0.1) is 0 Å². The van der Waals surface area contributed by atoms with E-state index < -0.39 is 0 Å². The molecule has 0 aliphatic rings. The fraction of sp³-hybridized carbons (Fsp3) is 0.286. The van der Waals surface area contributed by atoms with Crippen LogP contribution in [0.25, 0.3) is 0 Å². The van der Waals surface area contributed by atoms with Gasteiger partial charge in [-0.05, 0) is 5.56 Å². The fourth-order valence-electron chi connectivity index (χ4n) is 1.88. The summed E-state index contributed by atoms with van der Waals surface area (Å²) < 4.78 is 2.04. The molecule has 0 fully saturated rings. The van der Waals surface area contributed by atoms with E-state index in [0.29, 0.717) is 13.0 Å². The largest absolute Gasteiger partial charge is 0.336 e. The summed E-state index contributed by atoms with van der Waals surface area (Å²) in [5.74, 6) is 0. The van der Waals surface area contributed by atoms with Crippen molar-refractivity contribution in [2.45, 2.75) is 19.0 Å². The highest BCUT2D eigenvalue weighted by molar-refractivity contribution is 5.18. The summed E-state index contributed by atoms with van der Waals surface area (Å²) in [6.07, 6.45) is 6.05. The van der Waals surface area contributed by atoms with Crippen molar-refractivity contribution >= 4 is 0 Å². The Kier molecular flexibility index (Phi) is 4.51. The minimum atomic E-state index is 0.203. The molecule has 2 aromatic rings. The van der Waals surface area contributed by atoms with E-state index >= 15 is 0 Å². The van der Waals surface area contributed by atoms with Crippen molar-refractivity contribution in [3.8, 4) is 6.07 Å². The first kappa shape index (κ1) is 12.3. The van der Waals surface area contributed by atoms with Crippen LogP contribution < -0.4 is 5.32 Å². The number of imidazole rings is 1. The number of nitriles is 1. The van der Waals surface area contributed by atoms with Crippen LogP contribution in [0.2, 0.25) is 0 Å². The van der Waals surface area contributed by atoms with E-state index in [1.165, 1.54) is 5.56 Å². The monoisotopic (exact) mass is 240 g/mol. The molecule has 1 unspecified atom stereocenters. The second kappa shape index (κ2) is 6.58.